The molecule has 4 N–H and O–H groups in total. The number of hydrogen-bond acceptors (Lipinski definition) is 3. The van der Waals surface area contributed by atoms with E-state index in [1.807, 2.05) is 12.1 Å². The van der Waals surface area contributed by atoms with Gasteiger partial charge in [0.2, 0.25) is 0 Å². The predicted octanol–water partition coefficient (Wildman–Crippen LogP) is 1.68. The molecule has 0 heterocycles. The number of nitrogens with one attached hydrogen (secondary N) is 2. The second-order valence-corrected chi connectivity index (χ2v) is 2.59. The van der Waals surface area contributed by atoms with Crippen LogP contribution >= 0.6 is 0 Å². The zero-order valence-electron chi connectivity index (χ0n) is 6.89. The topological polar surface area (TPSA) is 73.7 Å². The van der Waals surface area contributed by atoms with E-state index >= 15 is 0 Å². The fourth-order valence-electron chi connectivity index (χ4n) is 0.927. The van der Waals surface area contributed by atoms with Gasteiger partial charge in [0, 0.05) is 11.3 Å². The van der Waals surface area contributed by atoms with E-state index in [2.05, 4.69) is 0 Å². The maximum atomic E-state index is 7.52. The lowest BCUT2D eigenvalue weighted by Gasteiger charge is -2.04. The molecule has 0 atom stereocenters. The first-order chi connectivity index (χ1) is 5.63. The summed E-state index contributed by atoms with van der Waals surface area (Å²) in [5.74, 6) is 0. The van der Waals surface area contributed by atoms with Crippen molar-refractivity contribution in [2.75, 3.05) is 5.73 Å². The number of hydrogen-bond donors (Lipinski definition) is 3. The van der Waals surface area contributed by atoms with Gasteiger partial charge < -0.3 is 11.1 Å². The van der Waals surface area contributed by atoms with Crippen molar-refractivity contribution in [2.45, 2.75) is 6.92 Å². The summed E-state index contributed by atoms with van der Waals surface area (Å²) in [6, 6.07) is 7.09. The van der Waals surface area contributed by atoms with Crippen LogP contribution in [0, 0.1) is 10.8 Å². The van der Waals surface area contributed by atoms with Crippen LogP contribution in [0.1, 0.15) is 12.5 Å². The lowest BCUT2D eigenvalue weighted by atomic mass is 10.1. The van der Waals surface area contributed by atoms with Crippen molar-refractivity contribution in [2.24, 2.45) is 0 Å². The monoisotopic (exact) mass is 161 g/mol. The van der Waals surface area contributed by atoms with Crippen LogP contribution in [-0.4, -0.2) is 11.4 Å². The fraction of sp³-hybridized carbons (Fsp3) is 0.111. The highest BCUT2D eigenvalue weighted by Crippen LogP contribution is 2.11. The average Bonchev–Trinajstić information content (AvgIpc) is 2.04. The van der Waals surface area contributed by atoms with Gasteiger partial charge in [-0.3, -0.25) is 5.41 Å². The smallest absolute Gasteiger partial charge is 0.0837 e. The summed E-state index contributed by atoms with van der Waals surface area (Å²) in [7, 11) is 0. The molecule has 0 aromatic heterocycles. The molecule has 0 saturated carbocycles. The molecule has 0 amide bonds. The third kappa shape index (κ3) is 1.50. The van der Waals surface area contributed by atoms with E-state index in [1.165, 1.54) is 0 Å². The van der Waals surface area contributed by atoms with Crippen LogP contribution in [0.15, 0.2) is 24.3 Å². The summed E-state index contributed by atoms with van der Waals surface area (Å²) in [5.41, 5.74) is 7.22. The van der Waals surface area contributed by atoms with Gasteiger partial charge in [0.1, 0.15) is 0 Å². The molecule has 3 heteroatoms. The maximum absolute atomic E-state index is 7.52. The molecule has 0 saturated heterocycles. The Kier molecular flexibility index (Phi) is 2.24. The molecule has 1 aromatic carbocycles. The fourth-order valence-corrected chi connectivity index (χ4v) is 0.927. The Balaban J connectivity index is 3.11. The first-order valence-electron chi connectivity index (χ1n) is 3.62. The molecule has 3 nitrogen and oxygen atoms in total. The lowest BCUT2D eigenvalue weighted by Crippen LogP contribution is -2.11. The molecule has 0 radical (unpaired) electrons. The number of nitrogen functional groups attached to an aromatic ring is 1. The Morgan fingerprint density at radius 3 is 2.33 bits per heavy atom. The van der Waals surface area contributed by atoms with Crippen molar-refractivity contribution in [3.63, 3.8) is 0 Å². The van der Waals surface area contributed by atoms with E-state index in [0.717, 1.165) is 0 Å². The highest BCUT2D eigenvalue weighted by atomic mass is 14.6. The summed E-state index contributed by atoms with van der Waals surface area (Å²) < 4.78 is 0. The highest BCUT2D eigenvalue weighted by molar-refractivity contribution is 6.46. The number of para-hydroxylation sites is 1. The normalized spacial score (nSPS) is 9.42. The molecular formula is C9H11N3. The summed E-state index contributed by atoms with van der Waals surface area (Å²) >= 11 is 0. The molecule has 0 aliphatic carbocycles. The quantitative estimate of drug-likeness (QED) is 0.448. The molecule has 1 rings (SSSR count). The van der Waals surface area contributed by atoms with E-state index in [9.17, 15) is 0 Å². The van der Waals surface area contributed by atoms with Gasteiger partial charge in [-0.2, -0.15) is 0 Å². The van der Waals surface area contributed by atoms with Gasteiger partial charge in [-0.15, -0.1) is 0 Å². The third-order valence-corrected chi connectivity index (χ3v) is 1.61. The Morgan fingerprint density at radius 2 is 1.83 bits per heavy atom. The lowest BCUT2D eigenvalue weighted by molar-refractivity contribution is 1.45. The largest absolute Gasteiger partial charge is 0.398 e. The molecule has 0 spiro atoms. The first kappa shape index (κ1) is 8.46. The van der Waals surface area contributed by atoms with Gasteiger partial charge in [-0.25, -0.2) is 0 Å². The number of anilines is 1. The number of nitrogens with two attached hydrogens (primary N) is 1. The standard InChI is InChI=1S/C9H11N3/c1-6(10)9(12)7-4-2-3-5-8(7)11/h2-5,10,12H,11H2,1H3. The molecule has 1 aromatic rings. The predicted molar refractivity (Wildman–Crippen MR) is 51.1 cm³/mol. The minimum Gasteiger partial charge on any atom is -0.398 e. The van der Waals surface area contributed by atoms with E-state index < -0.39 is 0 Å². The highest BCUT2D eigenvalue weighted by Gasteiger charge is 2.05. The van der Waals surface area contributed by atoms with Crippen LogP contribution in [0.2, 0.25) is 0 Å². The summed E-state index contributed by atoms with van der Waals surface area (Å²) in [6.45, 7) is 1.58. The van der Waals surface area contributed by atoms with E-state index in [-0.39, 0.29) is 11.4 Å². The summed E-state index contributed by atoms with van der Waals surface area (Å²) in [4.78, 5) is 0. The van der Waals surface area contributed by atoms with E-state index in [1.54, 1.807) is 19.1 Å². The van der Waals surface area contributed by atoms with Crippen molar-refractivity contribution >= 4 is 17.1 Å². The number of rotatable bonds is 2. The van der Waals surface area contributed by atoms with Gasteiger partial charge in [0.05, 0.1) is 11.4 Å². The zero-order chi connectivity index (χ0) is 9.14. The van der Waals surface area contributed by atoms with Crippen molar-refractivity contribution in [1.82, 2.24) is 0 Å². The van der Waals surface area contributed by atoms with Crippen LogP contribution in [0.25, 0.3) is 0 Å². The van der Waals surface area contributed by atoms with Crippen molar-refractivity contribution in [3.05, 3.63) is 29.8 Å². The van der Waals surface area contributed by atoms with Crippen molar-refractivity contribution in [3.8, 4) is 0 Å². The molecule has 0 unspecified atom stereocenters. The molecule has 0 aliphatic rings. The second kappa shape index (κ2) is 3.17. The van der Waals surface area contributed by atoms with Gasteiger partial charge in [-0.1, -0.05) is 18.2 Å². The Morgan fingerprint density at radius 1 is 1.25 bits per heavy atom. The maximum Gasteiger partial charge on any atom is 0.0837 e. The van der Waals surface area contributed by atoms with Crippen LogP contribution in [0.4, 0.5) is 5.69 Å². The van der Waals surface area contributed by atoms with Gasteiger partial charge >= 0.3 is 0 Å². The molecule has 12 heavy (non-hydrogen) atoms. The molecule has 0 aliphatic heterocycles. The van der Waals surface area contributed by atoms with E-state index in [0.29, 0.717) is 11.3 Å². The van der Waals surface area contributed by atoms with Crippen molar-refractivity contribution < 1.29 is 0 Å². The van der Waals surface area contributed by atoms with Gasteiger partial charge in [0.25, 0.3) is 0 Å². The third-order valence-electron chi connectivity index (χ3n) is 1.61. The Labute approximate surface area is 71.2 Å². The van der Waals surface area contributed by atoms with Crippen LogP contribution < -0.4 is 5.73 Å². The Hall–Kier alpha value is -1.64. The van der Waals surface area contributed by atoms with Crippen molar-refractivity contribution in [1.29, 1.82) is 10.8 Å². The molecular weight excluding hydrogens is 150 g/mol. The zero-order valence-corrected chi connectivity index (χ0v) is 6.89. The Bertz CT molecular complexity index is 328. The van der Waals surface area contributed by atoms with E-state index in [4.69, 9.17) is 16.6 Å². The molecule has 62 valence electrons. The molecule has 0 bridgehead atoms. The first-order valence-corrected chi connectivity index (χ1v) is 3.62. The minimum absolute atomic E-state index is 0.188. The van der Waals surface area contributed by atoms with Crippen LogP contribution in [0.5, 0.6) is 0 Å². The SMILES string of the molecule is CC(=N)C(=N)c1ccccc1N. The molecule has 0 fully saturated rings. The van der Waals surface area contributed by atoms with Gasteiger partial charge in [-0.05, 0) is 13.0 Å². The summed E-state index contributed by atoms with van der Waals surface area (Å²) in [5, 5.41) is 14.8. The number of benzene rings is 1. The van der Waals surface area contributed by atoms with Gasteiger partial charge in [0.15, 0.2) is 0 Å². The second-order valence-electron chi connectivity index (χ2n) is 2.59. The summed E-state index contributed by atoms with van der Waals surface area (Å²) in [6.07, 6.45) is 0. The minimum atomic E-state index is 0.188. The van der Waals surface area contributed by atoms with Crippen LogP contribution in [0.3, 0.4) is 0 Å². The average molecular weight is 161 g/mol. The van der Waals surface area contributed by atoms with Crippen LogP contribution in [-0.2, 0) is 0 Å².